The summed E-state index contributed by atoms with van der Waals surface area (Å²) in [4.78, 5) is 43.0. The second kappa shape index (κ2) is 10.5. The summed E-state index contributed by atoms with van der Waals surface area (Å²) in [6, 6.07) is 5.28. The summed E-state index contributed by atoms with van der Waals surface area (Å²) in [5, 5.41) is 0.563. The first-order valence-electron chi connectivity index (χ1n) is 9.66. The third kappa shape index (κ3) is 5.86. The molecule has 1 saturated heterocycles. The van der Waals surface area contributed by atoms with Crippen molar-refractivity contribution in [1.29, 1.82) is 0 Å². The van der Waals surface area contributed by atoms with Crippen LogP contribution in [0.5, 0.6) is 0 Å². The Hall–Kier alpha value is -1.84. The molecule has 2 amide bonds. The van der Waals surface area contributed by atoms with Gasteiger partial charge in [-0.2, -0.15) is 4.99 Å². The number of nitrogens with zero attached hydrogens (tertiary/aromatic N) is 3. The van der Waals surface area contributed by atoms with E-state index in [1.165, 1.54) is 30.2 Å². The van der Waals surface area contributed by atoms with Crippen LogP contribution in [0.1, 0.15) is 19.8 Å². The Morgan fingerprint density at radius 2 is 2.13 bits per heavy atom. The number of rotatable bonds is 6. The molecule has 3 rings (SSSR count). The molecule has 1 aliphatic heterocycles. The molecule has 162 valence electrons. The molecular weight excluding hydrogens is 446 g/mol. The topological polar surface area (TPSA) is 81.0 Å². The molecule has 0 N–H and O–H groups in total. The second-order valence-corrected chi connectivity index (χ2v) is 9.68. The Bertz CT molecular complexity index is 1020. The van der Waals surface area contributed by atoms with Crippen molar-refractivity contribution in [3.8, 4) is 0 Å². The highest BCUT2D eigenvalue weighted by Crippen LogP contribution is 2.22. The van der Waals surface area contributed by atoms with E-state index in [-0.39, 0.29) is 29.9 Å². The van der Waals surface area contributed by atoms with Crippen LogP contribution in [0.15, 0.2) is 23.2 Å². The van der Waals surface area contributed by atoms with Gasteiger partial charge in [-0.05, 0) is 37.0 Å². The number of likely N-dealkylation sites (tertiary alicyclic amines) is 1. The van der Waals surface area contributed by atoms with Crippen LogP contribution < -0.4 is 4.80 Å². The molecule has 0 saturated carbocycles. The smallest absolute Gasteiger partial charge is 0.325 e. The van der Waals surface area contributed by atoms with Crippen molar-refractivity contribution in [2.45, 2.75) is 26.3 Å². The standard InChI is InChI=1S/C20H24ClN3O4S2/c1-13-4-3-7-23(9-13)18(26)12-29-11-17(25)22-20-24(10-19(27)28-2)15-6-5-14(21)8-16(15)30-20/h5-6,8,13H,3-4,7,9-12H2,1-2H3. The number of ether oxygens (including phenoxy) is 1. The van der Waals surface area contributed by atoms with Gasteiger partial charge < -0.3 is 14.2 Å². The van der Waals surface area contributed by atoms with Gasteiger partial charge in [0.15, 0.2) is 4.80 Å². The normalized spacial score (nSPS) is 17.4. The van der Waals surface area contributed by atoms with E-state index < -0.39 is 5.97 Å². The summed E-state index contributed by atoms with van der Waals surface area (Å²) in [7, 11) is 1.31. The van der Waals surface area contributed by atoms with Gasteiger partial charge in [-0.1, -0.05) is 29.9 Å². The van der Waals surface area contributed by atoms with E-state index in [4.69, 9.17) is 16.3 Å². The zero-order chi connectivity index (χ0) is 21.7. The lowest BCUT2D eigenvalue weighted by molar-refractivity contribution is -0.141. The molecule has 1 aliphatic rings. The van der Waals surface area contributed by atoms with Gasteiger partial charge in [0.05, 0.1) is 28.8 Å². The number of benzene rings is 1. The van der Waals surface area contributed by atoms with Crippen molar-refractivity contribution in [1.82, 2.24) is 9.47 Å². The molecule has 1 aromatic carbocycles. The summed E-state index contributed by atoms with van der Waals surface area (Å²) < 4.78 is 7.22. The lowest BCUT2D eigenvalue weighted by Gasteiger charge is -2.30. The van der Waals surface area contributed by atoms with Gasteiger partial charge in [0, 0.05) is 18.1 Å². The lowest BCUT2D eigenvalue weighted by Crippen LogP contribution is -2.40. The Labute approximate surface area is 188 Å². The minimum atomic E-state index is -0.436. The number of carbonyl (C=O) groups excluding carboxylic acids is 3. The number of thioether (sulfide) groups is 1. The maximum Gasteiger partial charge on any atom is 0.325 e. The molecule has 1 aromatic heterocycles. The predicted octanol–water partition coefficient (Wildman–Crippen LogP) is 2.95. The van der Waals surface area contributed by atoms with Crippen LogP contribution in [0.4, 0.5) is 0 Å². The largest absolute Gasteiger partial charge is 0.468 e. The summed E-state index contributed by atoms with van der Waals surface area (Å²) >= 11 is 8.60. The first-order chi connectivity index (χ1) is 14.4. The third-order valence-corrected chi connectivity index (χ3v) is 7.02. The molecule has 0 bridgehead atoms. The summed E-state index contributed by atoms with van der Waals surface area (Å²) in [6.07, 6.45) is 2.18. The molecule has 7 nitrogen and oxygen atoms in total. The fourth-order valence-electron chi connectivity index (χ4n) is 3.35. The fourth-order valence-corrected chi connectivity index (χ4v) is 5.37. The van der Waals surface area contributed by atoms with E-state index in [1.807, 2.05) is 4.90 Å². The van der Waals surface area contributed by atoms with E-state index in [2.05, 4.69) is 11.9 Å². The number of thiazole rings is 1. The Morgan fingerprint density at radius 1 is 1.33 bits per heavy atom. The highest BCUT2D eigenvalue weighted by Gasteiger charge is 2.21. The van der Waals surface area contributed by atoms with Gasteiger partial charge in [0.25, 0.3) is 5.91 Å². The van der Waals surface area contributed by atoms with Crippen molar-refractivity contribution in [3.63, 3.8) is 0 Å². The number of carbonyl (C=O) groups is 3. The number of piperidine rings is 1. The third-order valence-electron chi connectivity index (χ3n) is 4.84. The first kappa shape index (κ1) is 22.8. The molecule has 0 aliphatic carbocycles. The van der Waals surface area contributed by atoms with Crippen molar-refractivity contribution in [3.05, 3.63) is 28.0 Å². The number of esters is 1. The number of hydrogen-bond donors (Lipinski definition) is 0. The number of halogens is 1. The molecule has 0 radical (unpaired) electrons. The molecule has 1 atom stereocenters. The minimum absolute atomic E-state index is 0.0526. The molecule has 30 heavy (non-hydrogen) atoms. The first-order valence-corrected chi connectivity index (χ1v) is 12.0. The van der Waals surface area contributed by atoms with Gasteiger partial charge in [-0.25, -0.2) is 0 Å². The number of hydrogen-bond acceptors (Lipinski definition) is 6. The summed E-state index contributed by atoms with van der Waals surface area (Å²) in [5.41, 5.74) is 0.753. The van der Waals surface area contributed by atoms with Gasteiger partial charge in [0.1, 0.15) is 6.54 Å². The van der Waals surface area contributed by atoms with Gasteiger partial charge >= 0.3 is 5.97 Å². The number of aromatic nitrogens is 1. The van der Waals surface area contributed by atoms with E-state index in [1.54, 1.807) is 22.8 Å². The molecule has 1 fully saturated rings. The second-order valence-electron chi connectivity index (χ2n) is 7.24. The van der Waals surface area contributed by atoms with E-state index in [0.29, 0.717) is 15.7 Å². The molecule has 2 heterocycles. The molecule has 1 unspecified atom stereocenters. The predicted molar refractivity (Wildman–Crippen MR) is 120 cm³/mol. The Balaban J connectivity index is 1.69. The van der Waals surface area contributed by atoms with Crippen molar-refractivity contribution < 1.29 is 19.1 Å². The van der Waals surface area contributed by atoms with Gasteiger partial charge in [0.2, 0.25) is 5.91 Å². The Morgan fingerprint density at radius 3 is 2.87 bits per heavy atom. The van der Waals surface area contributed by atoms with Crippen LogP contribution in [-0.2, 0) is 25.7 Å². The van der Waals surface area contributed by atoms with Crippen LogP contribution in [0.2, 0.25) is 5.02 Å². The molecule has 2 aromatic rings. The Kier molecular flexibility index (Phi) is 7.96. The lowest BCUT2D eigenvalue weighted by atomic mass is 10.0. The average molecular weight is 470 g/mol. The maximum atomic E-state index is 12.4. The molecule has 0 spiro atoms. The molecular formula is C20H24ClN3O4S2. The zero-order valence-corrected chi connectivity index (χ0v) is 19.3. The fraction of sp³-hybridized carbons (Fsp3) is 0.500. The summed E-state index contributed by atoms with van der Waals surface area (Å²) in [5.74, 6) is 0.165. The number of amides is 2. The monoisotopic (exact) mass is 469 g/mol. The van der Waals surface area contributed by atoms with Gasteiger partial charge in [-0.15, -0.1) is 11.8 Å². The van der Waals surface area contributed by atoms with Gasteiger partial charge in [-0.3, -0.25) is 14.4 Å². The van der Waals surface area contributed by atoms with E-state index in [9.17, 15) is 14.4 Å². The average Bonchev–Trinajstić information content (AvgIpc) is 3.03. The maximum absolute atomic E-state index is 12.4. The summed E-state index contributed by atoms with van der Waals surface area (Å²) in [6.45, 7) is 3.68. The van der Waals surface area contributed by atoms with E-state index >= 15 is 0 Å². The number of methoxy groups -OCH3 is 1. The van der Waals surface area contributed by atoms with Crippen LogP contribution in [0.25, 0.3) is 10.2 Å². The van der Waals surface area contributed by atoms with Crippen LogP contribution in [0, 0.1) is 5.92 Å². The number of fused-ring (bicyclic) bond motifs is 1. The van der Waals surface area contributed by atoms with E-state index in [0.717, 1.165) is 36.1 Å². The van der Waals surface area contributed by atoms with Crippen molar-refractivity contribution in [2.24, 2.45) is 10.9 Å². The minimum Gasteiger partial charge on any atom is -0.468 e. The molecule has 10 heteroatoms. The quantitative estimate of drug-likeness (QED) is 0.607. The van der Waals surface area contributed by atoms with Crippen LogP contribution in [-0.4, -0.2) is 59.0 Å². The SMILES string of the molecule is COC(=O)Cn1c(=NC(=O)CSCC(=O)N2CCCC(C)C2)sc2cc(Cl)ccc21. The van der Waals surface area contributed by atoms with Crippen molar-refractivity contribution in [2.75, 3.05) is 31.7 Å². The van der Waals surface area contributed by atoms with Crippen molar-refractivity contribution >= 4 is 62.7 Å². The van der Waals surface area contributed by atoms with Crippen LogP contribution >= 0.6 is 34.7 Å². The highest BCUT2D eigenvalue weighted by atomic mass is 35.5. The highest BCUT2D eigenvalue weighted by molar-refractivity contribution is 8.00. The zero-order valence-electron chi connectivity index (χ0n) is 16.9. The van der Waals surface area contributed by atoms with Crippen LogP contribution in [0.3, 0.4) is 0 Å².